The first-order valence-corrected chi connectivity index (χ1v) is 10.6. The summed E-state index contributed by atoms with van der Waals surface area (Å²) in [5.41, 5.74) is 1.72. The van der Waals surface area contributed by atoms with Crippen LogP contribution in [-0.2, 0) is 29.6 Å². The monoisotopic (exact) mass is 461 g/mol. The minimum Gasteiger partial charge on any atom is -0.457 e. The van der Waals surface area contributed by atoms with Gasteiger partial charge in [0.2, 0.25) is 5.78 Å². The van der Waals surface area contributed by atoms with Crippen molar-refractivity contribution in [2.75, 3.05) is 0 Å². The molecule has 3 heterocycles. The molecule has 0 aliphatic heterocycles. The van der Waals surface area contributed by atoms with E-state index in [4.69, 9.17) is 9.15 Å². The second-order valence-electron chi connectivity index (χ2n) is 7.90. The quantitative estimate of drug-likeness (QED) is 0.357. The van der Waals surface area contributed by atoms with Gasteiger partial charge in [0, 0.05) is 13.5 Å². The average molecular weight is 461 g/mol. The lowest BCUT2D eigenvalue weighted by Gasteiger charge is -2.09. The summed E-state index contributed by atoms with van der Waals surface area (Å²) in [4.78, 5) is 29.1. The van der Waals surface area contributed by atoms with Crippen LogP contribution in [0.3, 0.4) is 0 Å². The van der Waals surface area contributed by atoms with Crippen LogP contribution in [0, 0.1) is 12.7 Å². The van der Waals surface area contributed by atoms with Crippen LogP contribution in [0.25, 0.3) is 28.0 Å². The van der Waals surface area contributed by atoms with Crippen molar-refractivity contribution >= 4 is 22.6 Å². The molecule has 2 aromatic carbocycles. The summed E-state index contributed by atoms with van der Waals surface area (Å²) in [5.74, 6) is 0.458. The summed E-state index contributed by atoms with van der Waals surface area (Å²) in [6.45, 7) is 1.79. The Balaban J connectivity index is 1.29. The number of carbonyl (C=O) groups is 1. The summed E-state index contributed by atoms with van der Waals surface area (Å²) in [7, 11) is 1.62. The number of carbonyl (C=O) groups excluding carboxylic acids is 1. The van der Waals surface area contributed by atoms with E-state index in [1.807, 2.05) is 19.1 Å². The highest BCUT2D eigenvalue weighted by Gasteiger charge is 2.17. The molecule has 0 N–H and O–H groups in total. The third-order valence-corrected chi connectivity index (χ3v) is 5.54. The van der Waals surface area contributed by atoms with E-state index in [0.717, 1.165) is 5.56 Å². The number of oxazole rings is 1. The fourth-order valence-electron chi connectivity index (χ4n) is 3.79. The zero-order valence-electron chi connectivity index (χ0n) is 18.5. The number of fused-ring (bicyclic) bond motifs is 3. The van der Waals surface area contributed by atoms with Crippen LogP contribution in [0.1, 0.15) is 23.7 Å². The van der Waals surface area contributed by atoms with Crippen LogP contribution in [0.15, 0.2) is 57.9 Å². The fourth-order valence-corrected chi connectivity index (χ4v) is 3.79. The standard InChI is InChI=1S/C24H20FN5O4/c1-14-7-8-18-16(11-14)23(32)29(2)24-28-27-20(30(18)24)13-33-22(31)10-9-21-26-12-19(34-21)15-5-3-4-6-17(15)25/h3-8,11-12H,9-10,13H2,1-2H3. The lowest BCUT2D eigenvalue weighted by molar-refractivity contribution is -0.145. The number of hydrogen-bond donors (Lipinski definition) is 0. The van der Waals surface area contributed by atoms with Crippen LogP contribution >= 0.6 is 0 Å². The van der Waals surface area contributed by atoms with E-state index in [2.05, 4.69) is 15.2 Å². The summed E-state index contributed by atoms with van der Waals surface area (Å²) in [5, 5.41) is 8.73. The smallest absolute Gasteiger partial charge is 0.306 e. The van der Waals surface area contributed by atoms with Crippen LogP contribution in [0.4, 0.5) is 4.39 Å². The Bertz CT molecular complexity index is 1600. The Hall–Kier alpha value is -4.34. The second-order valence-corrected chi connectivity index (χ2v) is 7.90. The molecule has 5 rings (SSSR count). The molecule has 10 heteroatoms. The molecule has 0 aliphatic carbocycles. The summed E-state index contributed by atoms with van der Waals surface area (Å²) in [6.07, 6.45) is 1.65. The lowest BCUT2D eigenvalue weighted by atomic mass is 10.1. The van der Waals surface area contributed by atoms with Crippen molar-refractivity contribution in [3.05, 3.63) is 82.1 Å². The number of hydrogen-bond acceptors (Lipinski definition) is 7. The highest BCUT2D eigenvalue weighted by Crippen LogP contribution is 2.23. The molecule has 3 aromatic heterocycles. The van der Waals surface area contributed by atoms with Crippen molar-refractivity contribution in [1.29, 1.82) is 0 Å². The zero-order chi connectivity index (χ0) is 23.8. The number of rotatable bonds is 6. The van der Waals surface area contributed by atoms with E-state index in [1.54, 1.807) is 35.7 Å². The first kappa shape index (κ1) is 21.5. The first-order chi connectivity index (χ1) is 16.4. The van der Waals surface area contributed by atoms with Gasteiger partial charge in [0.15, 0.2) is 24.1 Å². The van der Waals surface area contributed by atoms with E-state index in [1.165, 1.54) is 16.8 Å². The molecular formula is C24H20FN5O4. The molecular weight excluding hydrogens is 441 g/mol. The molecule has 0 radical (unpaired) electrons. The minimum absolute atomic E-state index is 0.0202. The predicted octanol–water partition coefficient (Wildman–Crippen LogP) is 3.36. The lowest BCUT2D eigenvalue weighted by Crippen LogP contribution is -2.20. The highest BCUT2D eigenvalue weighted by atomic mass is 19.1. The van der Waals surface area contributed by atoms with Gasteiger partial charge in [-0.2, -0.15) is 0 Å². The van der Waals surface area contributed by atoms with Crippen molar-refractivity contribution in [2.45, 2.75) is 26.4 Å². The van der Waals surface area contributed by atoms with Crippen LogP contribution in [0.2, 0.25) is 0 Å². The Morgan fingerprint density at radius 2 is 2.00 bits per heavy atom. The van der Waals surface area contributed by atoms with E-state index in [0.29, 0.717) is 39.7 Å². The third kappa shape index (κ3) is 3.83. The molecule has 0 saturated carbocycles. The van der Waals surface area contributed by atoms with Gasteiger partial charge in [-0.05, 0) is 31.2 Å². The zero-order valence-corrected chi connectivity index (χ0v) is 18.5. The van der Waals surface area contributed by atoms with Gasteiger partial charge in [-0.15, -0.1) is 10.2 Å². The average Bonchev–Trinajstić information content (AvgIpc) is 3.48. The fraction of sp³-hybridized carbons (Fsp3) is 0.208. The maximum absolute atomic E-state index is 13.9. The Morgan fingerprint density at radius 3 is 2.82 bits per heavy atom. The predicted molar refractivity (Wildman–Crippen MR) is 120 cm³/mol. The van der Waals surface area contributed by atoms with Gasteiger partial charge in [-0.3, -0.25) is 18.6 Å². The SMILES string of the molecule is Cc1ccc2c(c1)c(=O)n(C)c1nnc(COC(=O)CCc3ncc(-c4ccccc4F)o3)n21. The molecule has 0 amide bonds. The van der Waals surface area contributed by atoms with Gasteiger partial charge in [-0.25, -0.2) is 9.37 Å². The molecule has 0 aliphatic rings. The number of aromatic nitrogens is 5. The molecule has 0 bridgehead atoms. The molecule has 172 valence electrons. The Labute approximate surface area is 192 Å². The van der Waals surface area contributed by atoms with E-state index >= 15 is 0 Å². The number of halogens is 1. The van der Waals surface area contributed by atoms with Gasteiger partial charge in [-0.1, -0.05) is 23.8 Å². The van der Waals surface area contributed by atoms with Crippen molar-refractivity contribution in [3.8, 4) is 11.3 Å². The van der Waals surface area contributed by atoms with Crippen molar-refractivity contribution in [3.63, 3.8) is 0 Å². The van der Waals surface area contributed by atoms with Gasteiger partial charge in [0.25, 0.3) is 5.56 Å². The van der Waals surface area contributed by atoms with Crippen LogP contribution < -0.4 is 5.56 Å². The number of benzene rings is 2. The number of ether oxygens (including phenoxy) is 1. The maximum Gasteiger partial charge on any atom is 0.306 e. The van der Waals surface area contributed by atoms with Crippen molar-refractivity contribution in [2.24, 2.45) is 7.05 Å². The summed E-state index contributed by atoms with van der Waals surface area (Å²) < 4.78 is 28.0. The van der Waals surface area contributed by atoms with Crippen LogP contribution in [0.5, 0.6) is 0 Å². The third-order valence-electron chi connectivity index (χ3n) is 5.54. The first-order valence-electron chi connectivity index (χ1n) is 10.6. The second kappa shape index (κ2) is 8.54. The normalized spacial score (nSPS) is 11.4. The van der Waals surface area contributed by atoms with Gasteiger partial charge >= 0.3 is 5.97 Å². The van der Waals surface area contributed by atoms with Gasteiger partial charge < -0.3 is 9.15 Å². The topological polar surface area (TPSA) is 105 Å². The molecule has 0 spiro atoms. The number of esters is 1. The van der Waals surface area contributed by atoms with Crippen molar-refractivity contribution < 1.29 is 18.3 Å². The molecule has 0 fully saturated rings. The Morgan fingerprint density at radius 1 is 1.18 bits per heavy atom. The minimum atomic E-state index is -0.479. The van der Waals surface area contributed by atoms with E-state index in [9.17, 15) is 14.0 Å². The maximum atomic E-state index is 13.9. The van der Waals surface area contributed by atoms with E-state index in [-0.39, 0.29) is 25.0 Å². The van der Waals surface area contributed by atoms with E-state index < -0.39 is 11.8 Å². The van der Waals surface area contributed by atoms with Gasteiger partial charge in [0.05, 0.1) is 29.1 Å². The highest BCUT2D eigenvalue weighted by molar-refractivity contribution is 5.81. The molecule has 5 aromatic rings. The summed E-state index contributed by atoms with van der Waals surface area (Å²) in [6, 6.07) is 11.7. The molecule has 0 saturated heterocycles. The molecule has 34 heavy (non-hydrogen) atoms. The molecule has 0 unspecified atom stereocenters. The molecule has 9 nitrogen and oxygen atoms in total. The van der Waals surface area contributed by atoms with Gasteiger partial charge in [0.1, 0.15) is 5.82 Å². The number of aryl methyl sites for hydroxylation is 3. The van der Waals surface area contributed by atoms with Crippen LogP contribution in [-0.4, -0.2) is 30.1 Å². The Kier molecular flexibility index (Phi) is 5.40. The van der Waals surface area contributed by atoms with Crippen molar-refractivity contribution in [1.82, 2.24) is 24.1 Å². The molecule has 0 atom stereocenters. The summed E-state index contributed by atoms with van der Waals surface area (Å²) >= 11 is 0. The number of nitrogens with zero attached hydrogens (tertiary/aromatic N) is 5. The largest absolute Gasteiger partial charge is 0.457 e.